The van der Waals surface area contributed by atoms with Gasteiger partial charge in [-0.05, 0) is 50.0 Å². The molecule has 1 atom stereocenters. The van der Waals surface area contributed by atoms with Crippen LogP contribution in [0.5, 0.6) is 0 Å². The molecule has 1 aliphatic rings. The van der Waals surface area contributed by atoms with Crippen LogP contribution in [0.4, 0.5) is 0 Å². The third kappa shape index (κ3) is 5.54. The van der Waals surface area contributed by atoms with Crippen molar-refractivity contribution in [2.45, 2.75) is 26.4 Å². The fourth-order valence-corrected chi connectivity index (χ4v) is 4.26. The molecule has 2 heterocycles. The number of halogens is 2. The van der Waals surface area contributed by atoms with Gasteiger partial charge in [-0.25, -0.2) is 4.98 Å². The molecule has 23 heavy (non-hydrogen) atoms. The predicted octanol–water partition coefficient (Wildman–Crippen LogP) is 4.25. The van der Waals surface area contributed by atoms with Crippen LogP contribution in [0.2, 0.25) is 0 Å². The van der Waals surface area contributed by atoms with Crippen LogP contribution in [0.15, 0.2) is 34.2 Å². The quantitative estimate of drug-likeness (QED) is 0.763. The van der Waals surface area contributed by atoms with E-state index in [0.29, 0.717) is 0 Å². The predicted molar refractivity (Wildman–Crippen MR) is 103 cm³/mol. The summed E-state index contributed by atoms with van der Waals surface area (Å²) in [5.74, 6) is 0.764. The number of aryl methyl sites for hydroxylation is 1. The van der Waals surface area contributed by atoms with Gasteiger partial charge in [-0.15, -0.1) is 23.7 Å². The highest BCUT2D eigenvalue weighted by Gasteiger charge is 2.19. The Labute approximate surface area is 157 Å². The standard InChI is InChI=1S/C17H22BrN3S.ClH/c1-13-17(22-12-20-13)11-21(10-15-5-6-19-8-15)9-14-3-2-4-16(18)7-14;/h2-4,7,12,15,19H,5-6,8-11H2,1H3;1H. The minimum Gasteiger partial charge on any atom is -0.316 e. The zero-order valence-electron chi connectivity index (χ0n) is 13.3. The van der Waals surface area contributed by atoms with Crippen LogP contribution < -0.4 is 5.32 Å². The molecule has 0 saturated carbocycles. The molecule has 0 spiro atoms. The third-order valence-electron chi connectivity index (χ3n) is 4.19. The smallest absolute Gasteiger partial charge is 0.0798 e. The first kappa shape index (κ1) is 18.9. The van der Waals surface area contributed by atoms with Gasteiger partial charge < -0.3 is 5.32 Å². The molecule has 6 heteroatoms. The molecule has 0 bridgehead atoms. The summed E-state index contributed by atoms with van der Waals surface area (Å²) < 4.78 is 1.15. The first-order valence-electron chi connectivity index (χ1n) is 7.77. The number of rotatable bonds is 6. The van der Waals surface area contributed by atoms with Crippen molar-refractivity contribution in [2.75, 3.05) is 19.6 Å². The van der Waals surface area contributed by atoms with Gasteiger partial charge in [0.05, 0.1) is 11.2 Å². The Balaban J connectivity index is 0.00000192. The van der Waals surface area contributed by atoms with Gasteiger partial charge in [-0.1, -0.05) is 28.1 Å². The molecule has 1 aromatic carbocycles. The van der Waals surface area contributed by atoms with E-state index >= 15 is 0 Å². The van der Waals surface area contributed by atoms with Crippen molar-refractivity contribution in [3.8, 4) is 0 Å². The second-order valence-corrected chi connectivity index (χ2v) is 7.87. The molecule has 126 valence electrons. The number of hydrogen-bond donors (Lipinski definition) is 1. The van der Waals surface area contributed by atoms with Crippen LogP contribution >= 0.6 is 39.7 Å². The zero-order valence-corrected chi connectivity index (χ0v) is 16.5. The molecule has 1 aliphatic heterocycles. The largest absolute Gasteiger partial charge is 0.316 e. The Morgan fingerprint density at radius 3 is 2.91 bits per heavy atom. The normalized spacial score (nSPS) is 17.4. The second-order valence-electron chi connectivity index (χ2n) is 6.02. The Morgan fingerprint density at radius 1 is 1.39 bits per heavy atom. The lowest BCUT2D eigenvalue weighted by molar-refractivity contribution is 0.222. The number of thiazole rings is 1. The number of benzene rings is 1. The van der Waals surface area contributed by atoms with Crippen LogP contribution in [-0.4, -0.2) is 29.5 Å². The monoisotopic (exact) mass is 415 g/mol. The van der Waals surface area contributed by atoms with Crippen LogP contribution in [0, 0.1) is 12.8 Å². The van der Waals surface area contributed by atoms with Gasteiger partial charge in [0.1, 0.15) is 0 Å². The van der Waals surface area contributed by atoms with Crippen LogP contribution in [-0.2, 0) is 13.1 Å². The third-order valence-corrected chi connectivity index (χ3v) is 5.60. The second kappa shape index (κ2) is 9.14. The van der Waals surface area contributed by atoms with Gasteiger partial charge in [-0.2, -0.15) is 0 Å². The average Bonchev–Trinajstić information content (AvgIpc) is 3.12. The summed E-state index contributed by atoms with van der Waals surface area (Å²) in [7, 11) is 0. The fourth-order valence-electron chi connectivity index (χ4n) is 3.00. The molecule has 1 saturated heterocycles. The topological polar surface area (TPSA) is 28.2 Å². The molecule has 0 amide bonds. The summed E-state index contributed by atoms with van der Waals surface area (Å²) in [5.41, 5.74) is 4.50. The lowest BCUT2D eigenvalue weighted by Crippen LogP contribution is -2.30. The van der Waals surface area contributed by atoms with Gasteiger partial charge >= 0.3 is 0 Å². The fraction of sp³-hybridized carbons (Fsp3) is 0.471. The van der Waals surface area contributed by atoms with E-state index in [1.807, 2.05) is 5.51 Å². The maximum absolute atomic E-state index is 4.39. The molecule has 3 nitrogen and oxygen atoms in total. The number of aromatic nitrogens is 1. The maximum Gasteiger partial charge on any atom is 0.0798 e. The number of nitrogens with zero attached hydrogens (tertiary/aromatic N) is 2. The Kier molecular flexibility index (Phi) is 7.50. The Morgan fingerprint density at radius 2 is 2.26 bits per heavy atom. The molecule has 1 N–H and O–H groups in total. The minimum absolute atomic E-state index is 0. The van der Waals surface area contributed by atoms with Crippen molar-refractivity contribution in [1.29, 1.82) is 0 Å². The molecule has 2 aromatic rings. The zero-order chi connectivity index (χ0) is 15.4. The highest BCUT2D eigenvalue weighted by atomic mass is 79.9. The van der Waals surface area contributed by atoms with Gasteiger partial charge in [0, 0.05) is 29.0 Å². The number of hydrogen-bond acceptors (Lipinski definition) is 4. The van der Waals surface area contributed by atoms with Crippen molar-refractivity contribution in [3.63, 3.8) is 0 Å². The summed E-state index contributed by atoms with van der Waals surface area (Å²) in [6.45, 7) is 7.57. The maximum atomic E-state index is 4.39. The molecule has 0 aliphatic carbocycles. The molecule has 1 fully saturated rings. The van der Waals surface area contributed by atoms with Crippen LogP contribution in [0.1, 0.15) is 22.6 Å². The van der Waals surface area contributed by atoms with E-state index in [1.165, 1.54) is 22.6 Å². The summed E-state index contributed by atoms with van der Waals surface area (Å²) in [4.78, 5) is 8.35. The summed E-state index contributed by atoms with van der Waals surface area (Å²) in [6, 6.07) is 8.64. The van der Waals surface area contributed by atoms with Crippen molar-refractivity contribution in [1.82, 2.24) is 15.2 Å². The van der Waals surface area contributed by atoms with Gasteiger partial charge in [0.15, 0.2) is 0 Å². The molecule has 1 unspecified atom stereocenters. The van der Waals surface area contributed by atoms with Crippen molar-refractivity contribution in [2.24, 2.45) is 5.92 Å². The minimum atomic E-state index is 0. The Bertz CT molecular complexity index is 613. The summed E-state index contributed by atoms with van der Waals surface area (Å²) >= 11 is 5.35. The van der Waals surface area contributed by atoms with E-state index in [2.05, 4.69) is 62.3 Å². The number of nitrogens with one attached hydrogen (secondary N) is 1. The molecule has 1 aromatic heterocycles. The van der Waals surface area contributed by atoms with E-state index in [9.17, 15) is 0 Å². The van der Waals surface area contributed by atoms with Crippen molar-refractivity contribution in [3.05, 3.63) is 50.4 Å². The van der Waals surface area contributed by atoms with E-state index in [4.69, 9.17) is 0 Å². The average molecular weight is 417 g/mol. The lowest BCUT2D eigenvalue weighted by atomic mass is 10.1. The summed E-state index contributed by atoms with van der Waals surface area (Å²) in [6.07, 6.45) is 1.29. The van der Waals surface area contributed by atoms with Crippen molar-refractivity contribution < 1.29 is 0 Å². The van der Waals surface area contributed by atoms with Gasteiger partial charge in [-0.3, -0.25) is 4.90 Å². The van der Waals surface area contributed by atoms with E-state index in [0.717, 1.165) is 43.1 Å². The van der Waals surface area contributed by atoms with Gasteiger partial charge in [0.25, 0.3) is 0 Å². The molecule has 0 radical (unpaired) electrons. The van der Waals surface area contributed by atoms with Crippen LogP contribution in [0.25, 0.3) is 0 Å². The van der Waals surface area contributed by atoms with E-state index in [-0.39, 0.29) is 12.4 Å². The first-order chi connectivity index (χ1) is 10.7. The van der Waals surface area contributed by atoms with Crippen molar-refractivity contribution >= 4 is 39.7 Å². The highest BCUT2D eigenvalue weighted by Crippen LogP contribution is 2.21. The Hall–Kier alpha value is -0.460. The SMILES string of the molecule is Cc1ncsc1CN(Cc1cccc(Br)c1)CC1CCNC1.Cl. The molecule has 3 rings (SSSR count). The highest BCUT2D eigenvalue weighted by molar-refractivity contribution is 9.10. The van der Waals surface area contributed by atoms with E-state index in [1.54, 1.807) is 11.3 Å². The molecular weight excluding hydrogens is 394 g/mol. The molecular formula is C17H23BrClN3S. The van der Waals surface area contributed by atoms with E-state index < -0.39 is 0 Å². The lowest BCUT2D eigenvalue weighted by Gasteiger charge is -2.25. The van der Waals surface area contributed by atoms with Gasteiger partial charge in [0.2, 0.25) is 0 Å². The first-order valence-corrected chi connectivity index (χ1v) is 9.44. The van der Waals surface area contributed by atoms with Crippen LogP contribution in [0.3, 0.4) is 0 Å². The summed E-state index contributed by atoms with van der Waals surface area (Å²) in [5, 5.41) is 3.48.